The maximum absolute atomic E-state index is 12.8. The number of anilines is 2. The molecule has 0 aliphatic carbocycles. The number of rotatable bonds is 9. The van der Waals surface area contributed by atoms with Gasteiger partial charge in [-0.25, -0.2) is 9.78 Å². The number of aromatic carboxylic acids is 1. The van der Waals surface area contributed by atoms with Gasteiger partial charge in [-0.1, -0.05) is 49.9 Å². The summed E-state index contributed by atoms with van der Waals surface area (Å²) in [7, 11) is 0. The Bertz CT molecular complexity index is 1570. The van der Waals surface area contributed by atoms with Gasteiger partial charge in [-0.15, -0.1) is 11.3 Å². The quantitative estimate of drug-likeness (QED) is 0.130. The number of carboxylic acid groups (broad SMARTS) is 1. The number of carbonyl (C=O) groups is 3. The summed E-state index contributed by atoms with van der Waals surface area (Å²) < 4.78 is 1.41. The van der Waals surface area contributed by atoms with Gasteiger partial charge in [0.15, 0.2) is 4.34 Å². The van der Waals surface area contributed by atoms with Gasteiger partial charge in [0, 0.05) is 17.4 Å². The van der Waals surface area contributed by atoms with E-state index in [0.29, 0.717) is 15.5 Å². The Balaban J connectivity index is 1.45. The van der Waals surface area contributed by atoms with Crippen molar-refractivity contribution in [1.82, 2.24) is 4.98 Å². The third-order valence-corrected chi connectivity index (χ3v) is 7.67. The van der Waals surface area contributed by atoms with Crippen LogP contribution in [0.1, 0.15) is 46.0 Å². The highest BCUT2D eigenvalue weighted by molar-refractivity contribution is 8.01. The van der Waals surface area contributed by atoms with E-state index in [1.54, 1.807) is 18.2 Å². The molecule has 194 valence electrons. The molecule has 0 saturated heterocycles. The number of thiazole rings is 1. The SMILES string of the molecule is CC(C)c1ccccc1NC(=O)CSc1nc2ccc(NC(=O)c3cccc([N+](=O)[O-])c3C(=O)O)cc2s1. The molecule has 0 bridgehead atoms. The highest BCUT2D eigenvalue weighted by Gasteiger charge is 2.27. The smallest absolute Gasteiger partial charge is 0.343 e. The number of nitro groups is 1. The second-order valence-electron chi connectivity index (χ2n) is 8.46. The monoisotopic (exact) mass is 550 g/mol. The topological polar surface area (TPSA) is 152 Å². The van der Waals surface area contributed by atoms with E-state index in [1.165, 1.54) is 35.2 Å². The van der Waals surface area contributed by atoms with Gasteiger partial charge in [-0.3, -0.25) is 19.7 Å². The number of para-hydroxylation sites is 1. The minimum Gasteiger partial charge on any atom is -0.477 e. The number of carbonyl (C=O) groups excluding carboxylic acids is 2. The minimum absolute atomic E-state index is 0.151. The third-order valence-electron chi connectivity index (χ3n) is 5.51. The van der Waals surface area contributed by atoms with E-state index in [9.17, 15) is 29.6 Å². The average Bonchev–Trinajstić information content (AvgIpc) is 3.29. The van der Waals surface area contributed by atoms with Crippen molar-refractivity contribution in [3.63, 3.8) is 0 Å². The number of nitro benzene ring substituents is 1. The lowest BCUT2D eigenvalue weighted by atomic mass is 10.0. The summed E-state index contributed by atoms with van der Waals surface area (Å²) in [4.78, 5) is 51.8. The van der Waals surface area contributed by atoms with Crippen LogP contribution in [0.25, 0.3) is 10.2 Å². The fourth-order valence-electron chi connectivity index (χ4n) is 3.78. The number of aromatic nitrogens is 1. The van der Waals surface area contributed by atoms with Crippen LogP contribution in [0.2, 0.25) is 0 Å². The molecule has 12 heteroatoms. The van der Waals surface area contributed by atoms with Gasteiger partial charge in [0.05, 0.1) is 26.5 Å². The van der Waals surface area contributed by atoms with E-state index >= 15 is 0 Å². The van der Waals surface area contributed by atoms with Gasteiger partial charge in [-0.05, 0) is 41.8 Å². The van der Waals surface area contributed by atoms with E-state index in [-0.39, 0.29) is 23.1 Å². The van der Waals surface area contributed by atoms with Gasteiger partial charge < -0.3 is 15.7 Å². The number of hydrogen-bond acceptors (Lipinski definition) is 8. The first-order valence-corrected chi connectivity index (χ1v) is 13.2. The summed E-state index contributed by atoms with van der Waals surface area (Å²) in [6, 6.07) is 16.1. The van der Waals surface area contributed by atoms with Crippen LogP contribution in [0, 0.1) is 10.1 Å². The predicted molar refractivity (Wildman–Crippen MR) is 148 cm³/mol. The summed E-state index contributed by atoms with van der Waals surface area (Å²) in [5, 5.41) is 26.2. The maximum atomic E-state index is 12.8. The molecule has 4 rings (SSSR count). The second kappa shape index (κ2) is 11.4. The normalized spacial score (nSPS) is 10.9. The molecule has 3 N–H and O–H groups in total. The Morgan fingerprint density at radius 3 is 2.55 bits per heavy atom. The van der Waals surface area contributed by atoms with Crippen LogP contribution in [0.4, 0.5) is 17.1 Å². The number of benzene rings is 3. The molecule has 1 heterocycles. The molecule has 2 amide bonds. The minimum atomic E-state index is -1.57. The van der Waals surface area contributed by atoms with Crippen molar-refractivity contribution in [2.24, 2.45) is 0 Å². The van der Waals surface area contributed by atoms with Gasteiger partial charge in [0.1, 0.15) is 5.56 Å². The first kappa shape index (κ1) is 26.8. The largest absolute Gasteiger partial charge is 0.477 e. The van der Waals surface area contributed by atoms with Crippen molar-refractivity contribution in [2.75, 3.05) is 16.4 Å². The molecular formula is C26H22N4O6S2. The average molecular weight is 551 g/mol. The van der Waals surface area contributed by atoms with Crippen molar-refractivity contribution in [2.45, 2.75) is 24.1 Å². The molecule has 0 radical (unpaired) electrons. The van der Waals surface area contributed by atoms with Crippen LogP contribution in [0.15, 0.2) is 65.0 Å². The Hall–Kier alpha value is -4.29. The van der Waals surface area contributed by atoms with E-state index in [4.69, 9.17) is 0 Å². The van der Waals surface area contributed by atoms with Crippen LogP contribution < -0.4 is 10.6 Å². The number of fused-ring (bicyclic) bond motifs is 1. The predicted octanol–water partition coefficient (Wildman–Crippen LogP) is 6.01. The fraction of sp³-hybridized carbons (Fsp3) is 0.154. The van der Waals surface area contributed by atoms with E-state index in [0.717, 1.165) is 22.0 Å². The van der Waals surface area contributed by atoms with E-state index < -0.39 is 28.1 Å². The van der Waals surface area contributed by atoms with Gasteiger partial charge in [0.25, 0.3) is 11.6 Å². The lowest BCUT2D eigenvalue weighted by molar-refractivity contribution is -0.385. The summed E-state index contributed by atoms with van der Waals surface area (Å²) in [5.41, 5.74) is 1.21. The molecule has 10 nitrogen and oxygen atoms in total. The number of hydrogen-bond donors (Lipinski definition) is 3. The summed E-state index contributed by atoms with van der Waals surface area (Å²) >= 11 is 2.63. The first-order valence-electron chi connectivity index (χ1n) is 11.4. The van der Waals surface area contributed by atoms with Crippen LogP contribution in [-0.4, -0.2) is 38.6 Å². The zero-order valence-electron chi connectivity index (χ0n) is 20.3. The van der Waals surface area contributed by atoms with Crippen LogP contribution in [0.5, 0.6) is 0 Å². The third kappa shape index (κ3) is 5.98. The van der Waals surface area contributed by atoms with E-state index in [1.807, 2.05) is 24.3 Å². The molecule has 4 aromatic rings. The number of thioether (sulfide) groups is 1. The molecule has 1 aromatic heterocycles. The lowest BCUT2D eigenvalue weighted by Gasteiger charge is -2.13. The Morgan fingerprint density at radius 2 is 1.84 bits per heavy atom. The summed E-state index contributed by atoms with van der Waals surface area (Å²) in [5.74, 6) is -2.07. The second-order valence-corrected chi connectivity index (χ2v) is 10.7. The number of amides is 2. The highest BCUT2D eigenvalue weighted by Crippen LogP contribution is 2.32. The van der Waals surface area contributed by atoms with Crippen molar-refractivity contribution >= 4 is 68.2 Å². The number of carboxylic acids is 1. The molecule has 0 fully saturated rings. The summed E-state index contributed by atoms with van der Waals surface area (Å²) in [6.07, 6.45) is 0. The van der Waals surface area contributed by atoms with E-state index in [2.05, 4.69) is 29.5 Å². The fourth-order valence-corrected chi connectivity index (χ4v) is 5.68. The van der Waals surface area contributed by atoms with Gasteiger partial charge in [0.2, 0.25) is 5.91 Å². The molecule has 3 aromatic carbocycles. The molecule has 0 unspecified atom stereocenters. The van der Waals surface area contributed by atoms with Crippen molar-refractivity contribution in [3.05, 3.63) is 87.5 Å². The van der Waals surface area contributed by atoms with Gasteiger partial charge >= 0.3 is 5.97 Å². The Labute approximate surface area is 225 Å². The Morgan fingerprint density at radius 1 is 1.08 bits per heavy atom. The molecule has 0 saturated carbocycles. The lowest BCUT2D eigenvalue weighted by Crippen LogP contribution is -2.17. The van der Waals surface area contributed by atoms with Crippen molar-refractivity contribution in [3.8, 4) is 0 Å². The molecule has 0 atom stereocenters. The standard InChI is InChI=1S/C26H22N4O6S2/c1-14(2)16-6-3-4-8-18(16)28-22(31)13-37-26-29-19-11-10-15(12-21(19)38-26)27-24(32)17-7-5-9-20(30(35)36)23(17)25(33)34/h3-12,14H,13H2,1-2H3,(H,27,32)(H,28,31)(H,33,34). The Kier molecular flexibility index (Phi) is 8.03. The molecule has 0 aliphatic rings. The maximum Gasteiger partial charge on any atom is 0.343 e. The molecule has 0 aliphatic heterocycles. The highest BCUT2D eigenvalue weighted by atomic mass is 32.2. The van der Waals surface area contributed by atoms with Crippen LogP contribution in [0.3, 0.4) is 0 Å². The zero-order valence-corrected chi connectivity index (χ0v) is 21.9. The summed E-state index contributed by atoms with van der Waals surface area (Å²) in [6.45, 7) is 4.12. The number of nitrogens with zero attached hydrogens (tertiary/aromatic N) is 2. The molecule has 0 spiro atoms. The molecular weight excluding hydrogens is 528 g/mol. The number of nitrogens with one attached hydrogen (secondary N) is 2. The van der Waals surface area contributed by atoms with Gasteiger partial charge in [-0.2, -0.15) is 0 Å². The first-order chi connectivity index (χ1) is 18.1. The van der Waals surface area contributed by atoms with Crippen molar-refractivity contribution < 1.29 is 24.4 Å². The van der Waals surface area contributed by atoms with Crippen LogP contribution in [-0.2, 0) is 4.79 Å². The van der Waals surface area contributed by atoms with Crippen molar-refractivity contribution in [1.29, 1.82) is 0 Å². The van der Waals surface area contributed by atoms with Crippen LogP contribution >= 0.6 is 23.1 Å². The molecule has 38 heavy (non-hydrogen) atoms. The zero-order chi connectivity index (χ0) is 27.4.